The van der Waals surface area contributed by atoms with Crippen LogP contribution in [-0.4, -0.2) is 24.5 Å². The Morgan fingerprint density at radius 3 is 0.957 bits per heavy atom. The highest BCUT2D eigenvalue weighted by molar-refractivity contribution is 4.73. The van der Waals surface area contributed by atoms with Crippen LogP contribution < -0.4 is 0 Å². The molecule has 0 spiro atoms. The molecule has 1 heterocycles. The maximum atomic E-state index is 2.83. The lowest BCUT2D eigenvalue weighted by Gasteiger charge is -2.32. The van der Waals surface area contributed by atoms with Gasteiger partial charge >= 0.3 is 0 Å². The van der Waals surface area contributed by atoms with Crippen molar-refractivity contribution >= 4 is 0 Å². The molecule has 0 radical (unpaired) electrons. The van der Waals surface area contributed by atoms with E-state index in [2.05, 4.69) is 18.7 Å². The second kappa shape index (κ2) is 37.8. The normalized spacial score (nSPS) is 15.7. The van der Waals surface area contributed by atoms with Crippen LogP contribution in [0.3, 0.4) is 0 Å². The summed E-state index contributed by atoms with van der Waals surface area (Å²) in [4.78, 5) is 2.83. The van der Waals surface area contributed by atoms with Crippen LogP contribution in [0.5, 0.6) is 0 Å². The maximum absolute atomic E-state index is 2.83. The van der Waals surface area contributed by atoms with Crippen molar-refractivity contribution in [1.82, 2.24) is 4.90 Å². The SMILES string of the molecule is CCCCCCCCCCCCCCCCCCCCC1CCCN(CCCCCCCCCCCCCCCCCCCC)C1. The molecule has 0 aromatic carbocycles. The van der Waals surface area contributed by atoms with Crippen molar-refractivity contribution < 1.29 is 0 Å². The molecule has 0 N–H and O–H groups in total. The topological polar surface area (TPSA) is 3.24 Å². The Bertz CT molecular complexity index is 497. The Balaban J connectivity index is 1.76. The molecule has 1 saturated heterocycles. The molecule has 0 aromatic heterocycles. The molecule has 1 nitrogen and oxygen atoms in total. The molecule has 0 bridgehead atoms. The lowest BCUT2D eigenvalue weighted by atomic mass is 9.92. The highest BCUT2D eigenvalue weighted by Gasteiger charge is 2.18. The van der Waals surface area contributed by atoms with E-state index < -0.39 is 0 Å². The molecule has 46 heavy (non-hydrogen) atoms. The number of piperidine rings is 1. The number of hydrogen-bond acceptors (Lipinski definition) is 1. The van der Waals surface area contributed by atoms with Gasteiger partial charge in [0.25, 0.3) is 0 Å². The zero-order valence-electron chi connectivity index (χ0n) is 32.7. The maximum Gasteiger partial charge on any atom is 0.000966 e. The van der Waals surface area contributed by atoms with Crippen LogP contribution in [0.2, 0.25) is 0 Å². The lowest BCUT2D eigenvalue weighted by molar-refractivity contribution is 0.163. The van der Waals surface area contributed by atoms with Crippen molar-refractivity contribution in [2.75, 3.05) is 19.6 Å². The summed E-state index contributed by atoms with van der Waals surface area (Å²) in [5.74, 6) is 1.00. The fraction of sp³-hybridized carbons (Fsp3) is 1.00. The number of rotatable bonds is 38. The minimum absolute atomic E-state index is 1.00. The summed E-state index contributed by atoms with van der Waals surface area (Å²) in [6.07, 6.45) is 57.7. The zero-order chi connectivity index (χ0) is 32.9. The van der Waals surface area contributed by atoms with E-state index in [9.17, 15) is 0 Å². The quantitative estimate of drug-likeness (QED) is 0.0604. The Labute approximate surface area is 294 Å². The molecule has 0 aromatic rings. The van der Waals surface area contributed by atoms with Crippen LogP contribution in [0.1, 0.15) is 264 Å². The molecule has 1 atom stereocenters. The van der Waals surface area contributed by atoms with Gasteiger partial charge in [-0.05, 0) is 44.7 Å². The Morgan fingerprint density at radius 2 is 0.630 bits per heavy atom. The number of likely N-dealkylation sites (tertiary alicyclic amines) is 1. The van der Waals surface area contributed by atoms with Crippen LogP contribution in [0.4, 0.5) is 0 Å². The largest absolute Gasteiger partial charge is 0.303 e. The fourth-order valence-corrected chi connectivity index (χ4v) is 8.16. The number of unbranched alkanes of at least 4 members (excludes halogenated alkanes) is 34. The molecule has 0 saturated carbocycles. The second-order valence-electron chi connectivity index (χ2n) is 16.1. The summed E-state index contributed by atoms with van der Waals surface area (Å²) >= 11 is 0. The van der Waals surface area contributed by atoms with Gasteiger partial charge in [0.05, 0.1) is 0 Å². The summed E-state index contributed by atoms with van der Waals surface area (Å²) in [5.41, 5.74) is 0. The van der Waals surface area contributed by atoms with Crippen molar-refractivity contribution in [1.29, 1.82) is 0 Å². The van der Waals surface area contributed by atoms with E-state index in [0.717, 1.165) is 5.92 Å². The van der Waals surface area contributed by atoms with E-state index in [-0.39, 0.29) is 0 Å². The molecule has 1 rings (SSSR count). The van der Waals surface area contributed by atoms with Gasteiger partial charge in [-0.3, -0.25) is 0 Å². The van der Waals surface area contributed by atoms with Gasteiger partial charge in [-0.15, -0.1) is 0 Å². The van der Waals surface area contributed by atoms with E-state index in [1.165, 1.54) is 270 Å². The van der Waals surface area contributed by atoms with Gasteiger partial charge in [0.2, 0.25) is 0 Å². The highest BCUT2D eigenvalue weighted by atomic mass is 15.1. The van der Waals surface area contributed by atoms with Gasteiger partial charge in [-0.2, -0.15) is 0 Å². The Kier molecular flexibility index (Phi) is 36.1. The molecule has 276 valence electrons. The first-order chi connectivity index (χ1) is 22.9. The molecule has 1 fully saturated rings. The smallest absolute Gasteiger partial charge is 0.000966 e. The first-order valence-electron chi connectivity index (χ1n) is 22.6. The van der Waals surface area contributed by atoms with Crippen molar-refractivity contribution in [3.05, 3.63) is 0 Å². The molecule has 1 aliphatic rings. The van der Waals surface area contributed by atoms with Gasteiger partial charge in [-0.25, -0.2) is 0 Å². The first kappa shape index (κ1) is 44.0. The van der Waals surface area contributed by atoms with Crippen LogP contribution in [0.25, 0.3) is 0 Å². The van der Waals surface area contributed by atoms with Crippen molar-refractivity contribution in [2.45, 2.75) is 264 Å². The van der Waals surface area contributed by atoms with E-state index in [1.807, 2.05) is 0 Å². The standard InChI is InChI=1S/C45H91N/c1-3-5-7-9-11-13-15-17-19-21-23-25-27-29-31-33-35-37-40-45-41-39-43-46(44-45)42-38-36-34-32-30-28-26-24-22-20-18-16-14-12-10-8-6-4-2/h45H,3-44H2,1-2H3. The minimum atomic E-state index is 1.00. The third-order valence-corrected chi connectivity index (χ3v) is 11.4. The molecule has 1 heteroatoms. The van der Waals surface area contributed by atoms with Gasteiger partial charge in [0.15, 0.2) is 0 Å². The Morgan fingerprint density at radius 1 is 0.348 bits per heavy atom. The van der Waals surface area contributed by atoms with E-state index in [4.69, 9.17) is 0 Å². The molecule has 0 amide bonds. The van der Waals surface area contributed by atoms with Crippen LogP contribution in [0.15, 0.2) is 0 Å². The first-order valence-corrected chi connectivity index (χ1v) is 22.6. The molecular weight excluding hydrogens is 555 g/mol. The van der Waals surface area contributed by atoms with E-state index in [1.54, 1.807) is 0 Å². The van der Waals surface area contributed by atoms with Gasteiger partial charge < -0.3 is 4.90 Å². The van der Waals surface area contributed by atoms with Crippen molar-refractivity contribution in [3.8, 4) is 0 Å². The summed E-state index contributed by atoms with van der Waals surface area (Å²) < 4.78 is 0. The molecule has 1 unspecified atom stereocenters. The van der Waals surface area contributed by atoms with Crippen molar-refractivity contribution in [2.24, 2.45) is 5.92 Å². The van der Waals surface area contributed by atoms with Crippen molar-refractivity contribution in [3.63, 3.8) is 0 Å². The summed E-state index contributed by atoms with van der Waals surface area (Å²) in [6.45, 7) is 8.81. The van der Waals surface area contributed by atoms with E-state index in [0.29, 0.717) is 0 Å². The molecular formula is C45H91N. The molecule has 1 aliphatic heterocycles. The average Bonchev–Trinajstić information content (AvgIpc) is 3.07. The number of nitrogens with zero attached hydrogens (tertiary/aromatic N) is 1. The van der Waals surface area contributed by atoms with Crippen LogP contribution in [0, 0.1) is 5.92 Å². The summed E-state index contributed by atoms with van der Waals surface area (Å²) in [7, 11) is 0. The van der Waals surface area contributed by atoms with Gasteiger partial charge in [0.1, 0.15) is 0 Å². The van der Waals surface area contributed by atoms with Gasteiger partial charge in [0, 0.05) is 6.54 Å². The summed E-state index contributed by atoms with van der Waals surface area (Å²) in [5, 5.41) is 0. The second-order valence-corrected chi connectivity index (χ2v) is 16.1. The average molecular weight is 646 g/mol. The van der Waals surface area contributed by atoms with Crippen LogP contribution >= 0.6 is 0 Å². The fourth-order valence-electron chi connectivity index (χ4n) is 8.16. The zero-order valence-corrected chi connectivity index (χ0v) is 32.7. The third-order valence-electron chi connectivity index (χ3n) is 11.4. The Hall–Kier alpha value is -0.0400. The third kappa shape index (κ3) is 32.5. The van der Waals surface area contributed by atoms with E-state index >= 15 is 0 Å². The van der Waals surface area contributed by atoms with Crippen LogP contribution in [-0.2, 0) is 0 Å². The predicted molar refractivity (Wildman–Crippen MR) is 211 cm³/mol. The molecule has 0 aliphatic carbocycles. The lowest BCUT2D eigenvalue weighted by Crippen LogP contribution is -2.36. The predicted octanol–water partition coefficient (Wildman–Crippen LogP) is 16.2. The summed E-state index contributed by atoms with van der Waals surface area (Å²) in [6, 6.07) is 0. The number of hydrogen-bond donors (Lipinski definition) is 0. The highest BCUT2D eigenvalue weighted by Crippen LogP contribution is 2.23. The monoisotopic (exact) mass is 646 g/mol. The van der Waals surface area contributed by atoms with Gasteiger partial charge in [-0.1, -0.05) is 239 Å². The minimum Gasteiger partial charge on any atom is -0.303 e.